The molecule has 0 amide bonds. The van der Waals surface area contributed by atoms with Crippen molar-refractivity contribution in [1.29, 1.82) is 0 Å². The molecule has 8 heteroatoms. The molecule has 0 aromatic heterocycles. The number of hydrogen-bond donors (Lipinski definition) is 1. The molecule has 1 heterocycles. The third-order valence-electron chi connectivity index (χ3n) is 9.17. The number of hydrogen-bond acceptors (Lipinski definition) is 8. The van der Waals surface area contributed by atoms with E-state index < -0.39 is 64.9 Å². The Hall–Kier alpha value is -3.23. The van der Waals surface area contributed by atoms with E-state index in [1.54, 1.807) is 61.5 Å². The molecular formula is C31H36O8. The lowest BCUT2D eigenvalue weighted by molar-refractivity contribution is -0.295. The van der Waals surface area contributed by atoms with E-state index in [0.29, 0.717) is 24.0 Å². The maximum atomic E-state index is 13.3. The van der Waals surface area contributed by atoms with E-state index in [0.717, 1.165) is 0 Å². The molecule has 1 aliphatic heterocycles. The molecule has 8 nitrogen and oxygen atoms in total. The zero-order chi connectivity index (χ0) is 28.2. The summed E-state index contributed by atoms with van der Waals surface area (Å²) in [6.45, 7) is 8.85. The molecule has 39 heavy (non-hydrogen) atoms. The van der Waals surface area contributed by atoms with Crippen molar-refractivity contribution >= 4 is 17.9 Å². The monoisotopic (exact) mass is 536 g/mol. The van der Waals surface area contributed by atoms with E-state index in [2.05, 4.69) is 0 Å². The van der Waals surface area contributed by atoms with Gasteiger partial charge in [0.1, 0.15) is 30.0 Å². The molecule has 8 atom stereocenters. The fourth-order valence-electron chi connectivity index (χ4n) is 7.41. The molecule has 3 fully saturated rings. The van der Waals surface area contributed by atoms with Crippen molar-refractivity contribution in [1.82, 2.24) is 0 Å². The Bertz CT molecular complexity index is 1240. The summed E-state index contributed by atoms with van der Waals surface area (Å²) in [7, 11) is 0. The first-order valence-corrected chi connectivity index (χ1v) is 13.5. The molecule has 5 rings (SSSR count). The Labute approximate surface area is 228 Å². The molecular weight excluding hydrogens is 500 g/mol. The highest BCUT2D eigenvalue weighted by Gasteiger charge is 2.81. The van der Waals surface area contributed by atoms with Crippen LogP contribution in [0.15, 0.2) is 60.7 Å². The third kappa shape index (κ3) is 4.16. The van der Waals surface area contributed by atoms with Crippen molar-refractivity contribution in [3.63, 3.8) is 0 Å². The van der Waals surface area contributed by atoms with E-state index in [4.69, 9.17) is 18.9 Å². The number of esters is 3. The second-order valence-electron chi connectivity index (χ2n) is 11.8. The molecule has 2 aromatic carbocycles. The van der Waals surface area contributed by atoms with Gasteiger partial charge in [-0.15, -0.1) is 0 Å². The fourth-order valence-corrected chi connectivity index (χ4v) is 7.41. The van der Waals surface area contributed by atoms with E-state index >= 15 is 0 Å². The van der Waals surface area contributed by atoms with Gasteiger partial charge in [0.05, 0.1) is 28.1 Å². The Morgan fingerprint density at radius 3 is 1.92 bits per heavy atom. The van der Waals surface area contributed by atoms with Gasteiger partial charge in [-0.3, -0.25) is 4.79 Å². The predicted octanol–water partition coefficient (Wildman–Crippen LogP) is 4.34. The van der Waals surface area contributed by atoms with Crippen LogP contribution in [0.2, 0.25) is 0 Å². The van der Waals surface area contributed by atoms with Crippen LogP contribution in [0.3, 0.4) is 0 Å². The molecule has 2 aliphatic carbocycles. The van der Waals surface area contributed by atoms with Crippen molar-refractivity contribution in [2.24, 2.45) is 17.3 Å². The number of aliphatic hydroxyl groups excluding tert-OH is 1. The van der Waals surface area contributed by atoms with E-state index in [9.17, 15) is 19.5 Å². The second-order valence-corrected chi connectivity index (χ2v) is 11.8. The summed E-state index contributed by atoms with van der Waals surface area (Å²) in [6, 6.07) is 17.2. The van der Waals surface area contributed by atoms with Gasteiger partial charge in [0.15, 0.2) is 0 Å². The van der Waals surface area contributed by atoms with Crippen molar-refractivity contribution < 1.29 is 38.4 Å². The fraction of sp³-hybridized carbons (Fsp3) is 0.516. The van der Waals surface area contributed by atoms with Crippen LogP contribution in [-0.2, 0) is 23.7 Å². The molecule has 2 bridgehead atoms. The largest absolute Gasteiger partial charge is 0.459 e. The first-order valence-electron chi connectivity index (χ1n) is 13.5. The zero-order valence-electron chi connectivity index (χ0n) is 23.0. The summed E-state index contributed by atoms with van der Waals surface area (Å²) in [5, 5.41) is 12.2. The maximum absolute atomic E-state index is 13.3. The van der Waals surface area contributed by atoms with Crippen LogP contribution >= 0.6 is 0 Å². The average molecular weight is 537 g/mol. The molecule has 0 unspecified atom stereocenters. The number of carbonyl (C=O) groups is 3. The minimum absolute atomic E-state index is 0.164. The van der Waals surface area contributed by atoms with Crippen molar-refractivity contribution in [2.45, 2.75) is 83.1 Å². The minimum atomic E-state index is -1.28. The van der Waals surface area contributed by atoms with Crippen molar-refractivity contribution in [2.75, 3.05) is 0 Å². The van der Waals surface area contributed by atoms with E-state index in [-0.39, 0.29) is 5.92 Å². The lowest BCUT2D eigenvalue weighted by Gasteiger charge is -2.62. The number of fused-ring (bicyclic) bond motifs is 1. The number of aliphatic hydroxyl groups is 1. The Kier molecular flexibility index (Phi) is 6.84. The van der Waals surface area contributed by atoms with Gasteiger partial charge in [-0.2, -0.15) is 0 Å². The van der Waals surface area contributed by atoms with Crippen LogP contribution in [0.5, 0.6) is 0 Å². The predicted molar refractivity (Wildman–Crippen MR) is 141 cm³/mol. The molecule has 3 aliphatic rings. The van der Waals surface area contributed by atoms with Gasteiger partial charge in [-0.05, 0) is 56.9 Å². The lowest BCUT2D eigenvalue weighted by Crippen LogP contribution is -2.76. The standard InChI is InChI=1S/C31H36O8/c1-18-16-17-22(37-27(34)20-12-8-6-9-13-20)30(5)25(33)24(38-28(35)21-14-10-7-11-15-21)23-26(36-19(2)32)31(18,30)39-29(23,3)4/h6-15,18,22-26,33H,16-17H2,1-5H3/t18-,22+,23-,24-,25-,26-,30+,31-/m1/s1. The first kappa shape index (κ1) is 27.3. The summed E-state index contributed by atoms with van der Waals surface area (Å²) in [5.41, 5.74) is -2.70. The van der Waals surface area contributed by atoms with Gasteiger partial charge < -0.3 is 24.1 Å². The van der Waals surface area contributed by atoms with Crippen LogP contribution in [0.25, 0.3) is 0 Å². The van der Waals surface area contributed by atoms with E-state index in [1.165, 1.54) is 6.92 Å². The van der Waals surface area contributed by atoms with Gasteiger partial charge >= 0.3 is 17.9 Å². The normalized spacial score (nSPS) is 36.4. The topological polar surface area (TPSA) is 108 Å². The lowest BCUT2D eigenvalue weighted by atomic mass is 9.48. The van der Waals surface area contributed by atoms with Crippen LogP contribution in [0, 0.1) is 17.3 Å². The van der Waals surface area contributed by atoms with Crippen LogP contribution in [0.1, 0.15) is 68.2 Å². The van der Waals surface area contributed by atoms with Gasteiger partial charge in [0.25, 0.3) is 0 Å². The highest BCUT2D eigenvalue weighted by Crippen LogP contribution is 2.67. The first-order chi connectivity index (χ1) is 18.4. The van der Waals surface area contributed by atoms with Crippen LogP contribution < -0.4 is 0 Å². The van der Waals surface area contributed by atoms with Gasteiger partial charge in [0, 0.05) is 6.92 Å². The molecule has 1 saturated heterocycles. The van der Waals surface area contributed by atoms with Crippen molar-refractivity contribution in [3.8, 4) is 0 Å². The Balaban J connectivity index is 1.62. The Morgan fingerprint density at radius 2 is 1.38 bits per heavy atom. The van der Waals surface area contributed by atoms with Crippen LogP contribution in [0.4, 0.5) is 0 Å². The summed E-state index contributed by atoms with van der Waals surface area (Å²) < 4.78 is 25.0. The quantitative estimate of drug-likeness (QED) is 0.444. The third-order valence-corrected chi connectivity index (χ3v) is 9.17. The number of rotatable bonds is 5. The highest BCUT2D eigenvalue weighted by molar-refractivity contribution is 5.90. The minimum Gasteiger partial charge on any atom is -0.459 e. The number of carbonyl (C=O) groups excluding carboxylic acids is 3. The highest BCUT2D eigenvalue weighted by atomic mass is 16.6. The SMILES string of the molecule is CC(=O)O[C@@H]1[C@H]2[C@@H](OC(=O)c3ccccc3)[C@@H](O)[C@]3(C)[C@@H](OC(=O)c4ccccc4)CC[C@@H](C)[C@@]13OC2(C)C. The van der Waals surface area contributed by atoms with Gasteiger partial charge in [-0.1, -0.05) is 50.2 Å². The number of ether oxygens (including phenoxy) is 4. The molecule has 208 valence electrons. The van der Waals surface area contributed by atoms with E-state index in [1.807, 2.05) is 26.8 Å². The van der Waals surface area contributed by atoms with Gasteiger partial charge in [0.2, 0.25) is 0 Å². The van der Waals surface area contributed by atoms with Crippen LogP contribution in [-0.4, -0.2) is 58.6 Å². The molecule has 1 N–H and O–H groups in total. The molecule has 2 aromatic rings. The molecule has 1 spiro atoms. The maximum Gasteiger partial charge on any atom is 0.338 e. The summed E-state index contributed by atoms with van der Waals surface area (Å²) in [6.07, 6.45) is -2.96. The smallest absolute Gasteiger partial charge is 0.338 e. The summed E-state index contributed by atoms with van der Waals surface area (Å²) >= 11 is 0. The molecule has 2 saturated carbocycles. The van der Waals surface area contributed by atoms with Crippen molar-refractivity contribution in [3.05, 3.63) is 71.8 Å². The second kappa shape index (κ2) is 9.75. The van der Waals surface area contributed by atoms with Gasteiger partial charge in [-0.25, -0.2) is 9.59 Å². The summed E-state index contributed by atoms with van der Waals surface area (Å²) in [5.74, 6) is -2.47. The summed E-state index contributed by atoms with van der Waals surface area (Å²) in [4.78, 5) is 39.0. The Morgan fingerprint density at radius 1 is 0.846 bits per heavy atom. The number of benzene rings is 2. The molecule has 0 radical (unpaired) electrons. The zero-order valence-corrected chi connectivity index (χ0v) is 23.0. The average Bonchev–Trinajstić information content (AvgIpc) is 3.11.